The SMILES string of the molecule is Cc1ccnc2nc(C(=O)NC(CCC(=O)O)Cc3ccccc3)nn12. The molecular weight excluding hydrogens is 334 g/mol. The molecule has 0 aliphatic rings. The number of carboxylic acid groups (broad SMARTS) is 1. The van der Waals surface area contributed by atoms with Gasteiger partial charge in [-0.15, -0.1) is 5.10 Å². The van der Waals surface area contributed by atoms with E-state index in [9.17, 15) is 9.59 Å². The van der Waals surface area contributed by atoms with Crippen molar-refractivity contribution in [3.8, 4) is 0 Å². The van der Waals surface area contributed by atoms with Gasteiger partial charge in [0.2, 0.25) is 5.82 Å². The Bertz CT molecular complexity index is 923. The van der Waals surface area contributed by atoms with Gasteiger partial charge in [0.1, 0.15) is 0 Å². The third-order valence-electron chi connectivity index (χ3n) is 4.00. The largest absolute Gasteiger partial charge is 0.481 e. The van der Waals surface area contributed by atoms with E-state index in [0.717, 1.165) is 11.3 Å². The number of carbonyl (C=O) groups excluding carboxylic acids is 1. The number of aliphatic carboxylic acids is 1. The van der Waals surface area contributed by atoms with Crippen LogP contribution in [0.4, 0.5) is 0 Å². The lowest BCUT2D eigenvalue weighted by Gasteiger charge is -2.17. The number of aromatic nitrogens is 4. The lowest BCUT2D eigenvalue weighted by atomic mass is 10.0. The van der Waals surface area contributed by atoms with E-state index < -0.39 is 11.9 Å². The van der Waals surface area contributed by atoms with Crippen LogP contribution in [0.25, 0.3) is 5.78 Å². The maximum atomic E-state index is 12.5. The second-order valence-electron chi connectivity index (χ2n) is 6.03. The van der Waals surface area contributed by atoms with Crippen molar-refractivity contribution in [3.05, 3.63) is 59.7 Å². The highest BCUT2D eigenvalue weighted by atomic mass is 16.4. The van der Waals surface area contributed by atoms with Crippen LogP contribution < -0.4 is 5.32 Å². The zero-order valence-corrected chi connectivity index (χ0v) is 14.3. The van der Waals surface area contributed by atoms with E-state index in [-0.39, 0.29) is 18.3 Å². The molecule has 1 atom stereocenters. The van der Waals surface area contributed by atoms with Gasteiger partial charge in [0.15, 0.2) is 0 Å². The van der Waals surface area contributed by atoms with Gasteiger partial charge in [-0.3, -0.25) is 9.59 Å². The molecule has 0 bridgehead atoms. The Morgan fingerprint density at radius 2 is 2.00 bits per heavy atom. The average Bonchev–Trinajstić information content (AvgIpc) is 3.06. The highest BCUT2D eigenvalue weighted by molar-refractivity contribution is 5.91. The van der Waals surface area contributed by atoms with Gasteiger partial charge in [0.25, 0.3) is 11.7 Å². The number of hydrogen-bond acceptors (Lipinski definition) is 5. The molecule has 2 N–H and O–H groups in total. The minimum absolute atomic E-state index is 0.0141. The molecule has 0 aliphatic carbocycles. The Labute approximate surface area is 149 Å². The summed E-state index contributed by atoms with van der Waals surface area (Å²) in [6.07, 6.45) is 2.42. The van der Waals surface area contributed by atoms with Crippen molar-refractivity contribution in [3.63, 3.8) is 0 Å². The first-order chi connectivity index (χ1) is 12.5. The molecule has 1 amide bonds. The van der Waals surface area contributed by atoms with Gasteiger partial charge in [0.05, 0.1) is 0 Å². The molecule has 2 aromatic heterocycles. The summed E-state index contributed by atoms with van der Waals surface area (Å²) in [5, 5.41) is 16.0. The third-order valence-corrected chi connectivity index (χ3v) is 4.00. The van der Waals surface area contributed by atoms with E-state index >= 15 is 0 Å². The van der Waals surface area contributed by atoms with E-state index in [0.29, 0.717) is 18.6 Å². The molecule has 0 aliphatic heterocycles. The second kappa shape index (κ2) is 7.73. The molecule has 0 saturated carbocycles. The van der Waals surface area contributed by atoms with Gasteiger partial charge in [0, 0.05) is 24.4 Å². The number of amides is 1. The highest BCUT2D eigenvalue weighted by Gasteiger charge is 2.19. The summed E-state index contributed by atoms with van der Waals surface area (Å²) in [5.41, 5.74) is 1.83. The summed E-state index contributed by atoms with van der Waals surface area (Å²) in [6, 6.07) is 11.0. The van der Waals surface area contributed by atoms with Crippen LogP contribution >= 0.6 is 0 Å². The Morgan fingerprint density at radius 3 is 2.69 bits per heavy atom. The summed E-state index contributed by atoms with van der Waals surface area (Å²) in [6.45, 7) is 1.84. The molecule has 3 rings (SSSR count). The van der Waals surface area contributed by atoms with Gasteiger partial charge in [-0.1, -0.05) is 30.3 Å². The van der Waals surface area contributed by atoms with E-state index in [2.05, 4.69) is 20.4 Å². The number of nitrogens with zero attached hydrogens (tertiary/aromatic N) is 4. The first-order valence-corrected chi connectivity index (χ1v) is 8.28. The average molecular weight is 353 g/mol. The van der Waals surface area contributed by atoms with E-state index in [1.807, 2.05) is 37.3 Å². The lowest BCUT2D eigenvalue weighted by molar-refractivity contribution is -0.137. The van der Waals surface area contributed by atoms with E-state index in [1.54, 1.807) is 12.3 Å². The summed E-state index contributed by atoms with van der Waals surface area (Å²) in [4.78, 5) is 31.7. The standard InChI is InChI=1S/C18H19N5O3/c1-12-9-10-19-18-21-16(22-23(12)18)17(26)20-14(7-8-15(24)25)11-13-5-3-2-4-6-13/h2-6,9-10,14H,7-8,11H2,1H3,(H,20,26)(H,24,25). The number of fused-ring (bicyclic) bond motifs is 1. The molecule has 0 spiro atoms. The van der Waals surface area contributed by atoms with Crippen LogP contribution in [0.3, 0.4) is 0 Å². The van der Waals surface area contributed by atoms with Crippen molar-refractivity contribution in [2.24, 2.45) is 0 Å². The quantitative estimate of drug-likeness (QED) is 0.668. The van der Waals surface area contributed by atoms with Crippen LogP contribution in [0.2, 0.25) is 0 Å². The Morgan fingerprint density at radius 1 is 1.23 bits per heavy atom. The van der Waals surface area contributed by atoms with Crippen molar-refractivity contribution in [1.29, 1.82) is 0 Å². The molecule has 2 heterocycles. The van der Waals surface area contributed by atoms with Crippen molar-refractivity contribution in [1.82, 2.24) is 24.9 Å². The fourth-order valence-corrected chi connectivity index (χ4v) is 2.67. The number of carboxylic acids is 1. The Hall–Kier alpha value is -3.29. The normalized spacial score (nSPS) is 12.0. The molecule has 8 nitrogen and oxygen atoms in total. The molecule has 3 aromatic rings. The van der Waals surface area contributed by atoms with Crippen LogP contribution in [0.15, 0.2) is 42.6 Å². The molecular formula is C18H19N5O3. The zero-order valence-electron chi connectivity index (χ0n) is 14.3. The van der Waals surface area contributed by atoms with Gasteiger partial charge in [-0.25, -0.2) is 9.50 Å². The van der Waals surface area contributed by atoms with Crippen LogP contribution in [0.5, 0.6) is 0 Å². The molecule has 134 valence electrons. The third kappa shape index (κ3) is 4.21. The number of rotatable bonds is 7. The van der Waals surface area contributed by atoms with Gasteiger partial charge in [-0.2, -0.15) is 4.98 Å². The van der Waals surface area contributed by atoms with Crippen LogP contribution in [-0.2, 0) is 11.2 Å². The van der Waals surface area contributed by atoms with Gasteiger partial charge in [-0.05, 0) is 31.4 Å². The Balaban J connectivity index is 1.76. The smallest absolute Gasteiger partial charge is 0.303 e. The number of aryl methyl sites for hydroxylation is 1. The highest BCUT2D eigenvalue weighted by Crippen LogP contribution is 2.09. The van der Waals surface area contributed by atoms with E-state index in [1.165, 1.54) is 4.52 Å². The van der Waals surface area contributed by atoms with Gasteiger partial charge >= 0.3 is 5.97 Å². The van der Waals surface area contributed by atoms with Crippen LogP contribution in [-0.4, -0.2) is 42.6 Å². The Kier molecular flexibility index (Phi) is 5.21. The fourth-order valence-electron chi connectivity index (χ4n) is 2.67. The molecule has 1 unspecified atom stereocenters. The maximum absolute atomic E-state index is 12.5. The van der Waals surface area contributed by atoms with E-state index in [4.69, 9.17) is 5.11 Å². The lowest BCUT2D eigenvalue weighted by Crippen LogP contribution is -2.37. The van der Waals surface area contributed by atoms with Crippen molar-refractivity contribution in [2.45, 2.75) is 32.2 Å². The minimum atomic E-state index is -0.900. The molecule has 0 fully saturated rings. The van der Waals surface area contributed by atoms with Crippen molar-refractivity contribution >= 4 is 17.7 Å². The first kappa shape index (κ1) is 17.5. The second-order valence-corrected chi connectivity index (χ2v) is 6.03. The number of nitrogens with one attached hydrogen (secondary N) is 1. The number of carbonyl (C=O) groups is 2. The monoisotopic (exact) mass is 353 g/mol. The molecule has 1 aromatic carbocycles. The summed E-state index contributed by atoms with van der Waals surface area (Å²) in [7, 11) is 0. The predicted octanol–water partition coefficient (Wildman–Crippen LogP) is 1.64. The van der Waals surface area contributed by atoms with Gasteiger partial charge < -0.3 is 10.4 Å². The number of hydrogen-bond donors (Lipinski definition) is 2. The zero-order chi connectivity index (χ0) is 18.5. The summed E-state index contributed by atoms with van der Waals surface area (Å²) < 4.78 is 1.50. The molecule has 8 heteroatoms. The summed E-state index contributed by atoms with van der Waals surface area (Å²) in [5.74, 6) is -0.982. The minimum Gasteiger partial charge on any atom is -0.481 e. The molecule has 0 saturated heterocycles. The first-order valence-electron chi connectivity index (χ1n) is 8.28. The maximum Gasteiger partial charge on any atom is 0.303 e. The molecule has 26 heavy (non-hydrogen) atoms. The van der Waals surface area contributed by atoms with Crippen LogP contribution in [0.1, 0.15) is 34.7 Å². The fraction of sp³-hybridized carbons (Fsp3) is 0.278. The molecule has 0 radical (unpaired) electrons. The van der Waals surface area contributed by atoms with Crippen molar-refractivity contribution in [2.75, 3.05) is 0 Å². The predicted molar refractivity (Wildman–Crippen MR) is 93.8 cm³/mol. The summed E-state index contributed by atoms with van der Waals surface area (Å²) >= 11 is 0. The number of benzene rings is 1. The van der Waals surface area contributed by atoms with Crippen LogP contribution in [0, 0.1) is 6.92 Å². The van der Waals surface area contributed by atoms with Crippen molar-refractivity contribution < 1.29 is 14.7 Å². The topological polar surface area (TPSA) is 109 Å².